The molecule has 1 aliphatic heterocycles. The first-order valence-corrected chi connectivity index (χ1v) is 9.09. The number of amides is 1. The topological polar surface area (TPSA) is 54.5 Å². The Labute approximate surface area is 146 Å². The standard InChI is InChI=1S/C18H23N3O2S/c1-13-4-3-5-15(10-13)19-14-6-8-21(9-7-14)18(22)16-12-24-17(20-16)11-23-2/h3-5,10,12,14,19H,6-9,11H2,1-2H3. The number of rotatable bonds is 5. The van der Waals surface area contributed by atoms with Crippen LogP contribution in [0, 0.1) is 6.92 Å². The summed E-state index contributed by atoms with van der Waals surface area (Å²) < 4.78 is 5.06. The van der Waals surface area contributed by atoms with Crippen LogP contribution in [0.15, 0.2) is 29.6 Å². The molecule has 1 aliphatic rings. The molecule has 6 heteroatoms. The molecule has 0 atom stereocenters. The van der Waals surface area contributed by atoms with Crippen LogP contribution in [-0.4, -0.2) is 42.0 Å². The molecule has 0 radical (unpaired) electrons. The van der Waals surface area contributed by atoms with Gasteiger partial charge in [-0.3, -0.25) is 4.79 Å². The number of anilines is 1. The fourth-order valence-corrected chi connectivity index (χ4v) is 3.70. The average Bonchev–Trinajstić information content (AvgIpc) is 3.04. The molecule has 1 aromatic carbocycles. The van der Waals surface area contributed by atoms with Crippen molar-refractivity contribution in [1.29, 1.82) is 0 Å². The summed E-state index contributed by atoms with van der Waals surface area (Å²) >= 11 is 1.47. The number of aromatic nitrogens is 1. The van der Waals surface area contributed by atoms with Gasteiger partial charge in [-0.1, -0.05) is 12.1 Å². The van der Waals surface area contributed by atoms with Gasteiger partial charge in [-0.2, -0.15) is 0 Å². The lowest BCUT2D eigenvalue weighted by Gasteiger charge is -2.32. The van der Waals surface area contributed by atoms with Crippen molar-refractivity contribution in [2.24, 2.45) is 0 Å². The van der Waals surface area contributed by atoms with Crippen LogP contribution in [0.25, 0.3) is 0 Å². The lowest BCUT2D eigenvalue weighted by Crippen LogP contribution is -2.42. The molecule has 2 heterocycles. The maximum Gasteiger partial charge on any atom is 0.273 e. The van der Waals surface area contributed by atoms with Crippen LogP contribution >= 0.6 is 11.3 Å². The Morgan fingerprint density at radius 3 is 2.92 bits per heavy atom. The minimum Gasteiger partial charge on any atom is -0.382 e. The third-order valence-electron chi connectivity index (χ3n) is 4.21. The first-order chi connectivity index (χ1) is 11.7. The molecule has 1 aromatic heterocycles. The van der Waals surface area contributed by atoms with E-state index in [0.29, 0.717) is 18.3 Å². The van der Waals surface area contributed by atoms with E-state index in [1.165, 1.54) is 16.9 Å². The lowest BCUT2D eigenvalue weighted by molar-refractivity contribution is 0.0712. The summed E-state index contributed by atoms with van der Waals surface area (Å²) in [6, 6.07) is 8.82. The van der Waals surface area contributed by atoms with E-state index in [4.69, 9.17) is 4.74 Å². The second kappa shape index (κ2) is 7.77. The van der Waals surface area contributed by atoms with Crippen LogP contribution in [0.4, 0.5) is 5.69 Å². The fraction of sp³-hybridized carbons (Fsp3) is 0.444. The molecule has 5 nitrogen and oxygen atoms in total. The van der Waals surface area contributed by atoms with Crippen molar-refractivity contribution in [3.05, 3.63) is 45.9 Å². The maximum absolute atomic E-state index is 12.5. The van der Waals surface area contributed by atoms with Crippen molar-refractivity contribution >= 4 is 22.9 Å². The van der Waals surface area contributed by atoms with Gasteiger partial charge in [0.1, 0.15) is 10.7 Å². The number of piperidine rings is 1. The van der Waals surface area contributed by atoms with Crippen LogP contribution in [0.2, 0.25) is 0 Å². The molecule has 0 unspecified atom stereocenters. The Hall–Kier alpha value is -1.92. The average molecular weight is 345 g/mol. The van der Waals surface area contributed by atoms with Crippen molar-refractivity contribution in [3.8, 4) is 0 Å². The van der Waals surface area contributed by atoms with E-state index in [1.54, 1.807) is 7.11 Å². The molecule has 2 aromatic rings. The van der Waals surface area contributed by atoms with Crippen molar-refractivity contribution < 1.29 is 9.53 Å². The quantitative estimate of drug-likeness (QED) is 0.903. The lowest BCUT2D eigenvalue weighted by atomic mass is 10.0. The van der Waals surface area contributed by atoms with Gasteiger partial charge in [-0.15, -0.1) is 11.3 Å². The summed E-state index contributed by atoms with van der Waals surface area (Å²) in [5, 5.41) is 6.25. The molecular weight excluding hydrogens is 322 g/mol. The molecule has 3 rings (SSSR count). The van der Waals surface area contributed by atoms with Crippen LogP contribution in [0.5, 0.6) is 0 Å². The van der Waals surface area contributed by atoms with Crippen molar-refractivity contribution in [3.63, 3.8) is 0 Å². The number of nitrogens with zero attached hydrogens (tertiary/aromatic N) is 2. The monoisotopic (exact) mass is 345 g/mol. The van der Waals surface area contributed by atoms with Crippen molar-refractivity contribution in [2.75, 3.05) is 25.5 Å². The van der Waals surface area contributed by atoms with Crippen molar-refractivity contribution in [2.45, 2.75) is 32.4 Å². The number of likely N-dealkylation sites (tertiary alicyclic amines) is 1. The Morgan fingerprint density at radius 1 is 1.42 bits per heavy atom. The van der Waals surface area contributed by atoms with E-state index < -0.39 is 0 Å². The summed E-state index contributed by atoms with van der Waals surface area (Å²) in [5.41, 5.74) is 2.95. The summed E-state index contributed by atoms with van der Waals surface area (Å²) in [5.74, 6) is 0.0302. The minimum atomic E-state index is 0.0302. The Bertz CT molecular complexity index is 693. The smallest absolute Gasteiger partial charge is 0.273 e. The molecule has 1 saturated heterocycles. The van der Waals surface area contributed by atoms with Crippen molar-refractivity contribution in [1.82, 2.24) is 9.88 Å². The number of nitrogens with one attached hydrogen (secondary N) is 1. The number of methoxy groups -OCH3 is 1. The van der Waals surface area contributed by atoms with Gasteiger partial charge >= 0.3 is 0 Å². The number of thiazole rings is 1. The normalized spacial score (nSPS) is 15.5. The number of hydrogen-bond donors (Lipinski definition) is 1. The third kappa shape index (κ3) is 4.13. The summed E-state index contributed by atoms with van der Waals surface area (Å²) in [7, 11) is 1.63. The Morgan fingerprint density at radius 2 is 2.21 bits per heavy atom. The number of ether oxygens (including phenoxy) is 1. The Kier molecular flexibility index (Phi) is 5.48. The number of aryl methyl sites for hydroxylation is 1. The fourth-order valence-electron chi connectivity index (χ4n) is 2.96. The highest BCUT2D eigenvalue weighted by Crippen LogP contribution is 2.20. The summed E-state index contributed by atoms with van der Waals surface area (Å²) in [6.07, 6.45) is 1.91. The zero-order valence-electron chi connectivity index (χ0n) is 14.1. The van der Waals surface area contributed by atoms with Gasteiger partial charge in [0, 0.05) is 37.3 Å². The molecule has 1 fully saturated rings. The molecular formula is C18H23N3O2S. The van der Waals surface area contributed by atoms with Gasteiger partial charge in [0.25, 0.3) is 5.91 Å². The van der Waals surface area contributed by atoms with Crippen LogP contribution in [-0.2, 0) is 11.3 Å². The molecule has 0 saturated carbocycles. The number of carbonyl (C=O) groups excluding carboxylic acids is 1. The SMILES string of the molecule is COCc1nc(C(=O)N2CCC(Nc3cccc(C)c3)CC2)cs1. The highest BCUT2D eigenvalue weighted by molar-refractivity contribution is 7.09. The van der Waals surface area contributed by atoms with Gasteiger partial charge < -0.3 is 15.0 Å². The number of benzene rings is 1. The second-order valence-electron chi connectivity index (χ2n) is 6.14. The van der Waals surface area contributed by atoms with E-state index >= 15 is 0 Å². The predicted molar refractivity (Wildman–Crippen MR) is 96.6 cm³/mol. The van der Waals surface area contributed by atoms with Gasteiger partial charge in [0.05, 0.1) is 6.61 Å². The maximum atomic E-state index is 12.5. The zero-order valence-corrected chi connectivity index (χ0v) is 14.9. The van der Waals surface area contributed by atoms with E-state index in [1.807, 2.05) is 10.3 Å². The highest BCUT2D eigenvalue weighted by Gasteiger charge is 2.25. The van der Waals surface area contributed by atoms with Gasteiger partial charge in [-0.05, 0) is 37.5 Å². The van der Waals surface area contributed by atoms with Gasteiger partial charge in [0.2, 0.25) is 0 Å². The van der Waals surface area contributed by atoms with E-state index in [2.05, 4.69) is 41.5 Å². The Balaban J connectivity index is 1.53. The van der Waals surface area contributed by atoms with E-state index in [9.17, 15) is 4.79 Å². The first kappa shape index (κ1) is 16.9. The van der Waals surface area contributed by atoms with Gasteiger partial charge in [0.15, 0.2) is 0 Å². The van der Waals surface area contributed by atoms with Crippen LogP contribution < -0.4 is 5.32 Å². The first-order valence-electron chi connectivity index (χ1n) is 8.21. The van der Waals surface area contributed by atoms with Crippen LogP contribution in [0.1, 0.15) is 33.9 Å². The molecule has 1 N–H and O–H groups in total. The summed E-state index contributed by atoms with van der Waals surface area (Å²) in [6.45, 7) is 4.08. The predicted octanol–water partition coefficient (Wildman–Crippen LogP) is 3.31. The molecule has 0 spiro atoms. The number of carbonyl (C=O) groups is 1. The zero-order chi connectivity index (χ0) is 16.9. The third-order valence-corrected chi connectivity index (χ3v) is 5.03. The molecule has 0 aliphatic carbocycles. The molecule has 128 valence electrons. The van der Waals surface area contributed by atoms with E-state index in [0.717, 1.165) is 36.6 Å². The highest BCUT2D eigenvalue weighted by atomic mass is 32.1. The van der Waals surface area contributed by atoms with Crippen LogP contribution in [0.3, 0.4) is 0 Å². The summed E-state index contributed by atoms with van der Waals surface area (Å²) in [4.78, 5) is 18.8. The molecule has 0 bridgehead atoms. The van der Waals surface area contributed by atoms with E-state index in [-0.39, 0.29) is 5.91 Å². The number of hydrogen-bond acceptors (Lipinski definition) is 5. The van der Waals surface area contributed by atoms with Gasteiger partial charge in [-0.25, -0.2) is 4.98 Å². The largest absolute Gasteiger partial charge is 0.382 e. The minimum absolute atomic E-state index is 0.0302. The molecule has 24 heavy (non-hydrogen) atoms. The molecule has 1 amide bonds. The second-order valence-corrected chi connectivity index (χ2v) is 7.08.